The van der Waals surface area contributed by atoms with Gasteiger partial charge in [0, 0.05) is 28.8 Å². The van der Waals surface area contributed by atoms with Crippen molar-refractivity contribution < 1.29 is 4.74 Å². The Kier molecular flexibility index (Phi) is 6.56. The fourth-order valence-corrected chi connectivity index (χ4v) is 4.77. The van der Waals surface area contributed by atoms with Gasteiger partial charge in [-0.1, -0.05) is 19.9 Å². The first-order chi connectivity index (χ1) is 14.7. The molecule has 8 heteroatoms. The van der Waals surface area contributed by atoms with Crippen molar-refractivity contribution in [1.29, 1.82) is 0 Å². The molecule has 3 heterocycles. The molecule has 0 saturated carbocycles. The number of fused-ring (bicyclic) bond motifs is 1. The highest BCUT2D eigenvalue weighted by atomic mass is 32.1. The van der Waals surface area contributed by atoms with Crippen LogP contribution in [0.2, 0.25) is 0 Å². The Morgan fingerprint density at radius 2 is 1.90 bits per heavy atom. The first-order valence-corrected chi connectivity index (χ1v) is 11.8. The summed E-state index contributed by atoms with van der Waals surface area (Å²) in [5.41, 5.74) is 2.14. The van der Waals surface area contributed by atoms with E-state index in [1.807, 2.05) is 47.2 Å². The van der Waals surface area contributed by atoms with Crippen LogP contribution in [-0.4, -0.2) is 45.7 Å². The van der Waals surface area contributed by atoms with E-state index < -0.39 is 0 Å². The van der Waals surface area contributed by atoms with Gasteiger partial charge in [0.2, 0.25) is 4.96 Å². The number of rotatable bonds is 9. The summed E-state index contributed by atoms with van der Waals surface area (Å²) in [5.74, 6) is 0.849. The number of thiazole rings is 1. The van der Waals surface area contributed by atoms with Crippen molar-refractivity contribution in [2.75, 3.05) is 26.2 Å². The normalized spacial score (nSPS) is 11.4. The molecule has 4 aromatic rings. The zero-order valence-electron chi connectivity index (χ0n) is 17.1. The Hall–Kier alpha value is -2.55. The van der Waals surface area contributed by atoms with Gasteiger partial charge in [0.1, 0.15) is 18.1 Å². The standard InChI is InChI=1S/C22H24N4O2S2/c1-3-25(4-2)11-12-28-17-9-7-16(8-10-17)20-15-30-22-23-21(27)19(24-26(20)22)14-18-6-5-13-29-18/h5-10,13,15H,3-4,11-12,14H2,1-2H3. The molecule has 30 heavy (non-hydrogen) atoms. The van der Waals surface area contributed by atoms with E-state index in [1.165, 1.54) is 11.3 Å². The summed E-state index contributed by atoms with van der Waals surface area (Å²) < 4.78 is 7.65. The minimum atomic E-state index is -0.256. The summed E-state index contributed by atoms with van der Waals surface area (Å²) in [6, 6.07) is 12.0. The highest BCUT2D eigenvalue weighted by Crippen LogP contribution is 2.26. The second kappa shape index (κ2) is 9.51. The van der Waals surface area contributed by atoms with E-state index in [4.69, 9.17) is 4.74 Å². The third kappa shape index (κ3) is 4.61. The molecule has 0 amide bonds. The highest BCUT2D eigenvalue weighted by Gasteiger charge is 2.13. The SMILES string of the molecule is CCN(CC)CCOc1ccc(-c2csc3nc(=O)c(Cc4cccs4)nn23)cc1. The predicted molar refractivity (Wildman–Crippen MR) is 123 cm³/mol. The zero-order valence-corrected chi connectivity index (χ0v) is 18.7. The molecule has 0 aliphatic rings. The average Bonchev–Trinajstić information content (AvgIpc) is 3.42. The number of hydrogen-bond acceptors (Lipinski definition) is 7. The van der Waals surface area contributed by atoms with Crippen LogP contribution >= 0.6 is 22.7 Å². The van der Waals surface area contributed by atoms with Gasteiger partial charge < -0.3 is 9.64 Å². The third-order valence-corrected chi connectivity index (χ3v) is 6.69. The van der Waals surface area contributed by atoms with E-state index in [0.29, 0.717) is 23.7 Å². The summed E-state index contributed by atoms with van der Waals surface area (Å²) in [6.45, 7) is 7.96. The van der Waals surface area contributed by atoms with Gasteiger partial charge in [-0.15, -0.1) is 22.7 Å². The molecule has 0 spiro atoms. The maximum absolute atomic E-state index is 12.3. The lowest BCUT2D eigenvalue weighted by Gasteiger charge is -2.18. The molecular formula is C22H24N4O2S2. The van der Waals surface area contributed by atoms with Crippen molar-refractivity contribution in [3.05, 3.63) is 68.1 Å². The molecule has 0 unspecified atom stereocenters. The van der Waals surface area contributed by atoms with Crippen LogP contribution < -0.4 is 10.3 Å². The fourth-order valence-electron chi connectivity index (χ4n) is 3.23. The van der Waals surface area contributed by atoms with E-state index >= 15 is 0 Å². The highest BCUT2D eigenvalue weighted by molar-refractivity contribution is 7.15. The lowest BCUT2D eigenvalue weighted by molar-refractivity contribution is 0.223. The summed E-state index contributed by atoms with van der Waals surface area (Å²) in [7, 11) is 0. The molecule has 4 rings (SSSR count). The van der Waals surface area contributed by atoms with Gasteiger partial charge >= 0.3 is 0 Å². The van der Waals surface area contributed by atoms with Gasteiger partial charge in [0.25, 0.3) is 5.56 Å². The van der Waals surface area contributed by atoms with E-state index in [1.54, 1.807) is 15.9 Å². The maximum atomic E-state index is 12.3. The molecule has 0 aliphatic carbocycles. The molecule has 3 aromatic heterocycles. The van der Waals surface area contributed by atoms with Gasteiger partial charge in [-0.25, -0.2) is 4.52 Å². The van der Waals surface area contributed by atoms with Crippen molar-refractivity contribution in [3.63, 3.8) is 0 Å². The lowest BCUT2D eigenvalue weighted by atomic mass is 10.2. The van der Waals surface area contributed by atoms with Crippen molar-refractivity contribution >= 4 is 27.6 Å². The Bertz CT molecular complexity index is 1150. The minimum Gasteiger partial charge on any atom is -0.492 e. The number of thiophene rings is 1. The minimum absolute atomic E-state index is 0.256. The fraction of sp³-hybridized carbons (Fsp3) is 0.318. The van der Waals surface area contributed by atoms with Crippen LogP contribution in [0, 0.1) is 0 Å². The van der Waals surface area contributed by atoms with Crippen LogP contribution in [0.3, 0.4) is 0 Å². The van der Waals surface area contributed by atoms with Crippen LogP contribution in [0.1, 0.15) is 24.4 Å². The summed E-state index contributed by atoms with van der Waals surface area (Å²) in [5, 5.41) is 8.60. The van der Waals surface area contributed by atoms with Gasteiger partial charge in [-0.2, -0.15) is 10.1 Å². The number of benzene rings is 1. The third-order valence-electron chi connectivity index (χ3n) is 4.99. The van der Waals surface area contributed by atoms with Gasteiger partial charge in [0.05, 0.1) is 5.69 Å². The largest absolute Gasteiger partial charge is 0.492 e. The van der Waals surface area contributed by atoms with Gasteiger partial charge in [-0.3, -0.25) is 4.79 Å². The lowest BCUT2D eigenvalue weighted by Crippen LogP contribution is -2.27. The van der Waals surface area contributed by atoms with Crippen molar-refractivity contribution in [1.82, 2.24) is 19.5 Å². The van der Waals surface area contributed by atoms with Crippen molar-refractivity contribution in [3.8, 4) is 17.0 Å². The molecule has 0 radical (unpaired) electrons. The molecule has 6 nitrogen and oxygen atoms in total. The first kappa shape index (κ1) is 20.7. The average molecular weight is 441 g/mol. The Labute approximate surface area is 183 Å². The van der Waals surface area contributed by atoms with Crippen molar-refractivity contribution in [2.24, 2.45) is 0 Å². The maximum Gasteiger partial charge on any atom is 0.296 e. The molecular weight excluding hydrogens is 416 g/mol. The van der Waals surface area contributed by atoms with Crippen LogP contribution in [0.15, 0.2) is 52.0 Å². The Balaban J connectivity index is 1.53. The number of nitrogens with zero attached hydrogens (tertiary/aromatic N) is 4. The van der Waals surface area contributed by atoms with Crippen molar-refractivity contribution in [2.45, 2.75) is 20.3 Å². The molecule has 0 aliphatic heterocycles. The molecule has 0 atom stereocenters. The second-order valence-electron chi connectivity index (χ2n) is 6.83. The summed E-state index contributed by atoms with van der Waals surface area (Å²) >= 11 is 3.04. The topological polar surface area (TPSA) is 59.7 Å². The van der Waals surface area contributed by atoms with Crippen LogP contribution in [-0.2, 0) is 6.42 Å². The molecule has 0 saturated heterocycles. The Morgan fingerprint density at radius 1 is 1.10 bits per heavy atom. The van der Waals surface area contributed by atoms with E-state index in [2.05, 4.69) is 28.8 Å². The quantitative estimate of drug-likeness (QED) is 0.391. The summed E-state index contributed by atoms with van der Waals surface area (Å²) in [4.78, 5) is 20.6. The molecule has 1 aromatic carbocycles. The molecule has 0 fully saturated rings. The van der Waals surface area contributed by atoms with Crippen LogP contribution in [0.25, 0.3) is 16.2 Å². The zero-order chi connectivity index (χ0) is 20.9. The number of likely N-dealkylation sites (N-methyl/N-ethyl adjacent to an activating group) is 1. The molecule has 156 valence electrons. The summed E-state index contributed by atoms with van der Waals surface area (Å²) in [6.07, 6.45) is 0.501. The van der Waals surface area contributed by atoms with Crippen LogP contribution in [0.5, 0.6) is 5.75 Å². The number of aromatic nitrogens is 3. The van der Waals surface area contributed by atoms with E-state index in [0.717, 1.165) is 41.5 Å². The van der Waals surface area contributed by atoms with Crippen LogP contribution in [0.4, 0.5) is 0 Å². The first-order valence-electron chi connectivity index (χ1n) is 10.0. The van der Waals surface area contributed by atoms with E-state index in [-0.39, 0.29) is 5.56 Å². The Morgan fingerprint density at radius 3 is 2.60 bits per heavy atom. The van der Waals surface area contributed by atoms with Gasteiger partial charge in [0.15, 0.2) is 0 Å². The second-order valence-corrected chi connectivity index (χ2v) is 8.70. The number of hydrogen-bond donors (Lipinski definition) is 0. The number of ether oxygens (including phenoxy) is 1. The van der Waals surface area contributed by atoms with E-state index in [9.17, 15) is 4.79 Å². The van der Waals surface area contributed by atoms with Gasteiger partial charge in [-0.05, 0) is 48.8 Å². The molecule has 0 bridgehead atoms. The smallest absolute Gasteiger partial charge is 0.296 e. The predicted octanol–water partition coefficient (Wildman–Crippen LogP) is 4.19. The monoisotopic (exact) mass is 440 g/mol. The molecule has 0 N–H and O–H groups in total.